The minimum Gasteiger partial charge on any atom is -0.378 e. The minimum absolute atomic E-state index is 0.116. The second-order valence-electron chi connectivity index (χ2n) is 7.45. The third kappa shape index (κ3) is 5.08. The Bertz CT molecular complexity index is 1090. The zero-order valence-corrected chi connectivity index (χ0v) is 20.0. The standard InChI is InChI=1S/C23H25BrN4O2S/c1-16-12-18(15-25-26-23(29)14-20-4-3-11-31-20)17(2)28(16)19-5-6-22(21(24)13-19)27-7-9-30-10-8-27/h3-6,11-13,15H,7-10,14H2,1-2H3,(H,26,29)/b25-15-. The molecule has 31 heavy (non-hydrogen) atoms. The number of rotatable bonds is 6. The molecule has 1 N–H and O–H groups in total. The Morgan fingerprint density at radius 1 is 1.26 bits per heavy atom. The molecule has 2 aromatic heterocycles. The highest BCUT2D eigenvalue weighted by Crippen LogP contribution is 2.31. The molecule has 0 spiro atoms. The van der Waals surface area contributed by atoms with E-state index >= 15 is 0 Å². The maximum absolute atomic E-state index is 12.0. The fourth-order valence-corrected chi connectivity index (χ4v) is 5.12. The van der Waals surface area contributed by atoms with Crippen LogP contribution < -0.4 is 10.3 Å². The van der Waals surface area contributed by atoms with Crippen LogP contribution in [0.4, 0.5) is 5.69 Å². The first-order chi connectivity index (χ1) is 15.0. The third-order valence-electron chi connectivity index (χ3n) is 5.32. The number of hydrogen-bond acceptors (Lipinski definition) is 5. The Morgan fingerprint density at radius 3 is 2.77 bits per heavy atom. The Hall–Kier alpha value is -2.42. The maximum atomic E-state index is 12.0. The number of carbonyl (C=O) groups is 1. The number of ether oxygens (including phenoxy) is 1. The Labute approximate surface area is 194 Å². The fraction of sp³-hybridized carbons (Fsp3) is 0.304. The highest BCUT2D eigenvalue weighted by molar-refractivity contribution is 9.10. The van der Waals surface area contributed by atoms with Gasteiger partial charge in [-0.1, -0.05) is 6.07 Å². The van der Waals surface area contributed by atoms with Crippen molar-refractivity contribution in [1.82, 2.24) is 9.99 Å². The molecule has 0 bridgehead atoms. The monoisotopic (exact) mass is 500 g/mol. The van der Waals surface area contributed by atoms with Crippen LogP contribution >= 0.6 is 27.3 Å². The van der Waals surface area contributed by atoms with Gasteiger partial charge in [0, 0.05) is 45.1 Å². The van der Waals surface area contributed by atoms with E-state index in [2.05, 4.69) is 74.0 Å². The van der Waals surface area contributed by atoms with Gasteiger partial charge in [-0.15, -0.1) is 11.3 Å². The van der Waals surface area contributed by atoms with Crippen LogP contribution in [-0.4, -0.2) is 43.0 Å². The van der Waals surface area contributed by atoms with Crippen molar-refractivity contribution in [2.75, 3.05) is 31.2 Å². The van der Waals surface area contributed by atoms with Crippen molar-refractivity contribution in [3.8, 4) is 5.69 Å². The van der Waals surface area contributed by atoms with E-state index < -0.39 is 0 Å². The molecule has 0 saturated carbocycles. The Morgan fingerprint density at radius 2 is 2.06 bits per heavy atom. The van der Waals surface area contributed by atoms with Crippen LogP contribution in [0.15, 0.2) is 51.4 Å². The molecular weight excluding hydrogens is 476 g/mol. The van der Waals surface area contributed by atoms with Crippen molar-refractivity contribution in [2.45, 2.75) is 20.3 Å². The van der Waals surface area contributed by atoms with Crippen molar-refractivity contribution in [2.24, 2.45) is 5.10 Å². The molecular formula is C23H25BrN4O2S. The lowest BCUT2D eigenvalue weighted by Crippen LogP contribution is -2.36. The summed E-state index contributed by atoms with van der Waals surface area (Å²) in [6, 6.07) is 12.4. The van der Waals surface area contributed by atoms with Gasteiger partial charge in [-0.3, -0.25) is 4.79 Å². The lowest BCUT2D eigenvalue weighted by molar-refractivity contribution is -0.120. The van der Waals surface area contributed by atoms with Crippen molar-refractivity contribution in [1.29, 1.82) is 0 Å². The van der Waals surface area contributed by atoms with E-state index in [1.165, 1.54) is 5.69 Å². The second-order valence-corrected chi connectivity index (χ2v) is 9.33. The van der Waals surface area contributed by atoms with Crippen LogP contribution in [0, 0.1) is 13.8 Å². The van der Waals surface area contributed by atoms with Crippen molar-refractivity contribution in [3.63, 3.8) is 0 Å². The molecule has 0 radical (unpaired) electrons. The number of amides is 1. The summed E-state index contributed by atoms with van der Waals surface area (Å²) in [5.41, 5.74) is 8.04. The number of nitrogens with zero attached hydrogens (tertiary/aromatic N) is 3. The number of benzene rings is 1. The van der Waals surface area contributed by atoms with Crippen LogP contribution in [0.5, 0.6) is 0 Å². The number of morpholine rings is 1. The first kappa shape index (κ1) is 21.8. The molecule has 1 amide bonds. The average Bonchev–Trinajstić information content (AvgIpc) is 3.36. The summed E-state index contributed by atoms with van der Waals surface area (Å²) in [6.45, 7) is 7.46. The highest BCUT2D eigenvalue weighted by atomic mass is 79.9. The van der Waals surface area contributed by atoms with Crippen LogP contribution in [0.3, 0.4) is 0 Å². The molecule has 162 valence electrons. The summed E-state index contributed by atoms with van der Waals surface area (Å²) in [7, 11) is 0. The fourth-order valence-electron chi connectivity index (χ4n) is 3.80. The summed E-state index contributed by atoms with van der Waals surface area (Å²) in [6.07, 6.45) is 2.06. The van der Waals surface area contributed by atoms with Crippen LogP contribution in [0.1, 0.15) is 21.8 Å². The summed E-state index contributed by atoms with van der Waals surface area (Å²) in [4.78, 5) is 15.4. The number of anilines is 1. The number of nitrogens with one attached hydrogen (secondary N) is 1. The lowest BCUT2D eigenvalue weighted by atomic mass is 10.2. The molecule has 1 saturated heterocycles. The molecule has 1 aliphatic heterocycles. The largest absolute Gasteiger partial charge is 0.378 e. The van der Waals surface area contributed by atoms with Gasteiger partial charge in [0.1, 0.15) is 0 Å². The molecule has 3 heterocycles. The number of hydrazone groups is 1. The topological polar surface area (TPSA) is 58.9 Å². The van der Waals surface area contributed by atoms with Gasteiger partial charge >= 0.3 is 0 Å². The predicted octanol–water partition coefficient (Wildman–Crippen LogP) is 4.45. The predicted molar refractivity (Wildman–Crippen MR) is 130 cm³/mol. The number of aryl methyl sites for hydroxylation is 1. The molecule has 1 fully saturated rings. The van der Waals surface area contributed by atoms with Crippen LogP contribution in [0.2, 0.25) is 0 Å². The second kappa shape index (κ2) is 9.80. The Kier molecular flexibility index (Phi) is 6.89. The zero-order valence-electron chi connectivity index (χ0n) is 17.6. The lowest BCUT2D eigenvalue weighted by Gasteiger charge is -2.30. The van der Waals surface area contributed by atoms with E-state index in [0.29, 0.717) is 6.42 Å². The number of hydrogen-bond donors (Lipinski definition) is 1. The van der Waals surface area contributed by atoms with Gasteiger partial charge in [-0.05, 0) is 65.5 Å². The number of halogens is 1. The third-order valence-corrected chi connectivity index (χ3v) is 6.83. The molecule has 4 rings (SSSR count). The molecule has 0 atom stereocenters. The zero-order chi connectivity index (χ0) is 21.8. The van der Waals surface area contributed by atoms with Gasteiger partial charge in [0.2, 0.25) is 5.91 Å². The quantitative estimate of drug-likeness (QED) is 0.401. The van der Waals surface area contributed by atoms with Gasteiger partial charge in [0.05, 0.1) is 31.5 Å². The highest BCUT2D eigenvalue weighted by Gasteiger charge is 2.16. The first-order valence-corrected chi connectivity index (χ1v) is 11.9. The normalized spacial score (nSPS) is 14.4. The Balaban J connectivity index is 1.48. The van der Waals surface area contributed by atoms with E-state index in [1.807, 2.05) is 17.5 Å². The summed E-state index contributed by atoms with van der Waals surface area (Å²) in [5, 5.41) is 6.13. The van der Waals surface area contributed by atoms with E-state index in [9.17, 15) is 4.79 Å². The van der Waals surface area contributed by atoms with E-state index in [0.717, 1.165) is 58.3 Å². The number of thiophene rings is 1. The number of carbonyl (C=O) groups excluding carboxylic acids is 1. The number of aromatic nitrogens is 1. The summed E-state index contributed by atoms with van der Waals surface area (Å²) >= 11 is 5.32. The molecule has 0 unspecified atom stereocenters. The maximum Gasteiger partial charge on any atom is 0.245 e. The van der Waals surface area contributed by atoms with E-state index in [1.54, 1.807) is 17.6 Å². The SMILES string of the molecule is Cc1cc(/C=N\NC(=O)Cc2cccs2)c(C)n1-c1ccc(N2CCOCC2)c(Br)c1. The summed E-state index contributed by atoms with van der Waals surface area (Å²) in [5.74, 6) is -0.116. The molecule has 1 aliphatic rings. The first-order valence-electron chi connectivity index (χ1n) is 10.2. The van der Waals surface area contributed by atoms with Gasteiger partial charge < -0.3 is 14.2 Å². The van der Waals surface area contributed by atoms with Crippen molar-refractivity contribution >= 4 is 45.1 Å². The van der Waals surface area contributed by atoms with E-state index in [4.69, 9.17) is 4.74 Å². The molecule has 8 heteroatoms. The summed E-state index contributed by atoms with van der Waals surface area (Å²) < 4.78 is 8.72. The van der Waals surface area contributed by atoms with Gasteiger partial charge in [0.15, 0.2) is 0 Å². The van der Waals surface area contributed by atoms with Crippen LogP contribution in [-0.2, 0) is 16.0 Å². The minimum atomic E-state index is -0.116. The molecule has 1 aromatic carbocycles. The van der Waals surface area contributed by atoms with Crippen molar-refractivity contribution < 1.29 is 9.53 Å². The molecule has 0 aliphatic carbocycles. The van der Waals surface area contributed by atoms with Gasteiger partial charge in [0.25, 0.3) is 0 Å². The average molecular weight is 501 g/mol. The van der Waals surface area contributed by atoms with Gasteiger partial charge in [-0.25, -0.2) is 5.43 Å². The van der Waals surface area contributed by atoms with Gasteiger partial charge in [-0.2, -0.15) is 5.10 Å². The van der Waals surface area contributed by atoms with Crippen molar-refractivity contribution in [3.05, 3.63) is 68.1 Å². The van der Waals surface area contributed by atoms with E-state index in [-0.39, 0.29) is 5.91 Å². The molecule has 3 aromatic rings. The molecule has 6 nitrogen and oxygen atoms in total. The van der Waals surface area contributed by atoms with Crippen LogP contribution in [0.25, 0.3) is 5.69 Å². The smallest absolute Gasteiger partial charge is 0.245 e.